The van der Waals surface area contributed by atoms with Gasteiger partial charge >= 0.3 is 0 Å². The lowest BCUT2D eigenvalue weighted by Crippen LogP contribution is -2.33. The van der Waals surface area contributed by atoms with E-state index in [1.165, 1.54) is 6.92 Å². The second-order valence-electron chi connectivity index (χ2n) is 1.37. The predicted molar refractivity (Wildman–Crippen MR) is 30.5 cm³/mol. The summed E-state index contributed by atoms with van der Waals surface area (Å²) in [6.45, 7) is 1.32. The predicted octanol–water partition coefficient (Wildman–Crippen LogP) is -0.320. The third kappa shape index (κ3) is 3.89. The van der Waals surface area contributed by atoms with Crippen molar-refractivity contribution >= 4 is 17.5 Å². The van der Waals surface area contributed by atoms with E-state index < -0.39 is 6.23 Å². The van der Waals surface area contributed by atoms with Crippen LogP contribution in [0.1, 0.15) is 6.92 Å². The van der Waals surface area contributed by atoms with Gasteiger partial charge in [0.05, 0.1) is 5.88 Å². The van der Waals surface area contributed by atoms with Gasteiger partial charge in [-0.2, -0.15) is 0 Å². The molecule has 0 saturated carbocycles. The summed E-state index contributed by atoms with van der Waals surface area (Å²) in [5.74, 6) is -0.252. The molecule has 0 aliphatic carbocycles. The second kappa shape index (κ2) is 3.69. The van der Waals surface area contributed by atoms with Crippen molar-refractivity contribution in [2.24, 2.45) is 0 Å². The molecule has 0 bridgehead atoms. The van der Waals surface area contributed by atoms with E-state index in [-0.39, 0.29) is 11.8 Å². The maximum atomic E-state index is 10.1. The van der Waals surface area contributed by atoms with E-state index >= 15 is 0 Å². The molecule has 0 aromatic rings. The molecule has 0 aliphatic heterocycles. The van der Waals surface area contributed by atoms with E-state index in [0.717, 1.165) is 0 Å². The minimum absolute atomic E-state index is 0.0274. The van der Waals surface area contributed by atoms with Crippen LogP contribution < -0.4 is 5.32 Å². The Morgan fingerprint density at radius 2 is 2.50 bits per heavy atom. The Morgan fingerprint density at radius 1 is 2.00 bits per heavy atom. The van der Waals surface area contributed by atoms with Gasteiger partial charge < -0.3 is 10.4 Å². The van der Waals surface area contributed by atoms with E-state index in [2.05, 4.69) is 5.32 Å². The van der Waals surface area contributed by atoms with Crippen LogP contribution in [0.5, 0.6) is 0 Å². The third-order valence-electron chi connectivity index (χ3n) is 0.516. The highest BCUT2D eigenvalue weighted by atomic mass is 35.5. The second-order valence-corrected chi connectivity index (χ2v) is 1.68. The minimum atomic E-state index is -0.908. The number of carbonyl (C=O) groups is 1. The van der Waals surface area contributed by atoms with Crippen molar-refractivity contribution < 1.29 is 9.90 Å². The van der Waals surface area contributed by atoms with Crippen molar-refractivity contribution in [3.63, 3.8) is 0 Å². The monoisotopic (exact) mass is 137 g/mol. The van der Waals surface area contributed by atoms with Crippen molar-refractivity contribution in [2.45, 2.75) is 13.2 Å². The summed E-state index contributed by atoms with van der Waals surface area (Å²) in [4.78, 5) is 10.1. The van der Waals surface area contributed by atoms with Gasteiger partial charge in [0, 0.05) is 6.92 Å². The van der Waals surface area contributed by atoms with Gasteiger partial charge in [0.15, 0.2) is 0 Å². The number of halogens is 1. The first-order valence-electron chi connectivity index (χ1n) is 2.18. The number of carbonyl (C=O) groups excluding carboxylic acids is 1. The zero-order valence-corrected chi connectivity index (χ0v) is 5.27. The molecule has 0 spiro atoms. The van der Waals surface area contributed by atoms with Crippen molar-refractivity contribution in [2.75, 3.05) is 5.88 Å². The van der Waals surface area contributed by atoms with Crippen molar-refractivity contribution in [1.29, 1.82) is 0 Å². The Labute approximate surface area is 52.6 Å². The first kappa shape index (κ1) is 7.72. The van der Waals surface area contributed by atoms with Gasteiger partial charge in [-0.3, -0.25) is 4.79 Å². The number of amides is 1. The van der Waals surface area contributed by atoms with Gasteiger partial charge in [-0.15, -0.1) is 11.6 Å². The molecule has 3 nitrogen and oxygen atoms in total. The number of alkyl halides is 1. The maximum Gasteiger partial charge on any atom is 0.218 e. The molecular formula is C4H8ClNO2. The van der Waals surface area contributed by atoms with E-state index in [1.807, 2.05) is 0 Å². The van der Waals surface area contributed by atoms with Crippen LogP contribution in [0.25, 0.3) is 0 Å². The van der Waals surface area contributed by atoms with Crippen LogP contribution in [0.15, 0.2) is 0 Å². The van der Waals surface area contributed by atoms with E-state index in [4.69, 9.17) is 16.7 Å². The number of aliphatic hydroxyl groups excluding tert-OH is 1. The van der Waals surface area contributed by atoms with Crippen LogP contribution in [0.2, 0.25) is 0 Å². The Balaban J connectivity index is 3.24. The lowest BCUT2D eigenvalue weighted by Gasteiger charge is -2.04. The summed E-state index contributed by atoms with van der Waals surface area (Å²) in [5, 5.41) is 10.7. The standard InChI is InChI=1S/C4H8ClNO2/c1-3(7)6-4(8)2-5/h4,8H,2H2,1H3,(H,6,7). The summed E-state index contributed by atoms with van der Waals surface area (Å²) in [7, 11) is 0. The number of hydrogen-bond donors (Lipinski definition) is 2. The highest BCUT2D eigenvalue weighted by Crippen LogP contribution is 1.80. The number of hydrogen-bond acceptors (Lipinski definition) is 2. The van der Waals surface area contributed by atoms with Gasteiger partial charge in [0.2, 0.25) is 5.91 Å². The number of aliphatic hydroxyl groups is 1. The SMILES string of the molecule is CC(=O)NC(O)CCl. The fourth-order valence-electron chi connectivity index (χ4n) is 0.273. The Bertz CT molecular complexity index is 86.1. The fourth-order valence-corrected chi connectivity index (χ4v) is 0.350. The van der Waals surface area contributed by atoms with Crippen LogP contribution in [-0.4, -0.2) is 23.1 Å². The molecule has 1 unspecified atom stereocenters. The molecule has 0 aromatic heterocycles. The average Bonchev–Trinajstić information content (AvgIpc) is 1.65. The topological polar surface area (TPSA) is 49.3 Å². The molecule has 2 N–H and O–H groups in total. The molecule has 0 aromatic carbocycles. The first-order valence-corrected chi connectivity index (χ1v) is 2.71. The highest BCUT2D eigenvalue weighted by molar-refractivity contribution is 6.18. The maximum absolute atomic E-state index is 10.1. The number of rotatable bonds is 2. The van der Waals surface area contributed by atoms with Gasteiger partial charge in [-0.1, -0.05) is 0 Å². The zero-order valence-electron chi connectivity index (χ0n) is 4.52. The van der Waals surface area contributed by atoms with Crippen LogP contribution in [0.3, 0.4) is 0 Å². The quantitative estimate of drug-likeness (QED) is 0.405. The smallest absolute Gasteiger partial charge is 0.218 e. The molecule has 0 radical (unpaired) electrons. The fraction of sp³-hybridized carbons (Fsp3) is 0.750. The summed E-state index contributed by atoms with van der Waals surface area (Å²) < 4.78 is 0. The molecule has 0 heterocycles. The lowest BCUT2D eigenvalue weighted by molar-refractivity contribution is -0.121. The minimum Gasteiger partial charge on any atom is -0.372 e. The average molecular weight is 138 g/mol. The van der Waals surface area contributed by atoms with Gasteiger partial charge in [0.1, 0.15) is 6.23 Å². The van der Waals surface area contributed by atoms with Crippen molar-refractivity contribution in [3.8, 4) is 0 Å². The van der Waals surface area contributed by atoms with E-state index in [9.17, 15) is 4.79 Å². The molecule has 0 fully saturated rings. The van der Waals surface area contributed by atoms with E-state index in [0.29, 0.717) is 0 Å². The zero-order chi connectivity index (χ0) is 6.57. The van der Waals surface area contributed by atoms with Crippen LogP contribution in [0, 0.1) is 0 Å². The lowest BCUT2D eigenvalue weighted by atomic mass is 10.6. The van der Waals surface area contributed by atoms with Crippen molar-refractivity contribution in [1.82, 2.24) is 5.32 Å². The Hall–Kier alpha value is -0.280. The Kier molecular flexibility index (Phi) is 3.56. The summed E-state index contributed by atoms with van der Waals surface area (Å²) in [5.41, 5.74) is 0. The van der Waals surface area contributed by atoms with Gasteiger partial charge in [-0.05, 0) is 0 Å². The molecule has 1 atom stereocenters. The van der Waals surface area contributed by atoms with Crippen LogP contribution in [-0.2, 0) is 4.79 Å². The molecule has 0 rings (SSSR count). The summed E-state index contributed by atoms with van der Waals surface area (Å²) in [6.07, 6.45) is -0.908. The molecular weight excluding hydrogens is 130 g/mol. The van der Waals surface area contributed by atoms with E-state index in [1.54, 1.807) is 0 Å². The third-order valence-corrected chi connectivity index (χ3v) is 0.808. The highest BCUT2D eigenvalue weighted by Gasteiger charge is 1.99. The molecule has 4 heteroatoms. The summed E-state index contributed by atoms with van der Waals surface area (Å²) >= 11 is 5.13. The number of nitrogens with one attached hydrogen (secondary N) is 1. The normalized spacial score (nSPS) is 12.9. The van der Waals surface area contributed by atoms with Crippen LogP contribution in [0.4, 0.5) is 0 Å². The molecule has 1 amide bonds. The first-order chi connectivity index (χ1) is 3.66. The van der Waals surface area contributed by atoms with Crippen LogP contribution >= 0.6 is 11.6 Å². The van der Waals surface area contributed by atoms with Gasteiger partial charge in [-0.25, -0.2) is 0 Å². The molecule has 0 saturated heterocycles. The molecule has 48 valence electrons. The van der Waals surface area contributed by atoms with Crippen molar-refractivity contribution in [3.05, 3.63) is 0 Å². The van der Waals surface area contributed by atoms with Gasteiger partial charge in [0.25, 0.3) is 0 Å². The Morgan fingerprint density at radius 3 is 2.62 bits per heavy atom. The molecule has 8 heavy (non-hydrogen) atoms. The largest absolute Gasteiger partial charge is 0.372 e. The summed E-state index contributed by atoms with van der Waals surface area (Å²) in [6, 6.07) is 0. The molecule has 0 aliphatic rings.